The monoisotopic (exact) mass is 439 g/mol. The van der Waals surface area contributed by atoms with Crippen LogP contribution >= 0.6 is 0 Å². The van der Waals surface area contributed by atoms with Crippen molar-refractivity contribution in [3.05, 3.63) is 24.3 Å². The largest absolute Gasteiger partial charge is 0.381 e. The van der Waals surface area contributed by atoms with Crippen molar-refractivity contribution in [2.24, 2.45) is 11.8 Å². The SMILES string of the molecule is CCCCCC(/C=C/C1C(OC)CC(OC)C1C/C=C/CCCC(=O)NCOC)OC. The van der Waals surface area contributed by atoms with E-state index in [1.54, 1.807) is 28.4 Å². The number of carbonyl (C=O) groups excluding carboxylic acids is 1. The predicted octanol–water partition coefficient (Wildman–Crippen LogP) is 4.64. The summed E-state index contributed by atoms with van der Waals surface area (Å²) in [4.78, 5) is 11.6. The molecular weight excluding hydrogens is 394 g/mol. The Bertz CT molecular complexity index is 522. The van der Waals surface area contributed by atoms with E-state index in [-0.39, 0.29) is 30.9 Å². The molecular formula is C25H45NO5. The van der Waals surface area contributed by atoms with Gasteiger partial charge in [0.15, 0.2) is 0 Å². The van der Waals surface area contributed by atoms with E-state index < -0.39 is 0 Å². The smallest absolute Gasteiger partial charge is 0.221 e. The summed E-state index contributed by atoms with van der Waals surface area (Å²) in [5, 5.41) is 2.71. The van der Waals surface area contributed by atoms with E-state index in [4.69, 9.17) is 18.9 Å². The molecule has 31 heavy (non-hydrogen) atoms. The van der Waals surface area contributed by atoms with Crippen molar-refractivity contribution in [1.29, 1.82) is 0 Å². The number of carbonyl (C=O) groups is 1. The standard InChI is InChI=1S/C25H45NO5/c1-6-7-10-13-20(29-3)16-17-22-21(23(30-4)18-24(22)31-5)14-11-8-9-12-15-25(27)26-19-28-2/h8,11,16-17,20-24H,6-7,9-10,12-15,18-19H2,1-5H3,(H,26,27)/b11-8+,17-16+. The summed E-state index contributed by atoms with van der Waals surface area (Å²) in [7, 11) is 6.94. The van der Waals surface area contributed by atoms with Gasteiger partial charge in [0.05, 0.1) is 18.3 Å². The molecule has 0 aromatic carbocycles. The van der Waals surface area contributed by atoms with Crippen LogP contribution in [0.25, 0.3) is 0 Å². The van der Waals surface area contributed by atoms with E-state index in [0.717, 1.165) is 32.1 Å². The minimum Gasteiger partial charge on any atom is -0.381 e. The summed E-state index contributed by atoms with van der Waals surface area (Å²) in [6.07, 6.45) is 18.2. The molecule has 6 nitrogen and oxygen atoms in total. The first-order valence-electron chi connectivity index (χ1n) is 11.8. The quantitative estimate of drug-likeness (QED) is 0.203. The number of methoxy groups -OCH3 is 4. The van der Waals surface area contributed by atoms with E-state index in [2.05, 4.69) is 36.5 Å². The molecule has 180 valence electrons. The Morgan fingerprint density at radius 1 is 1.06 bits per heavy atom. The average Bonchev–Trinajstić information content (AvgIpc) is 3.13. The summed E-state index contributed by atoms with van der Waals surface area (Å²) >= 11 is 0. The van der Waals surface area contributed by atoms with Gasteiger partial charge < -0.3 is 24.3 Å². The lowest BCUT2D eigenvalue weighted by Gasteiger charge is -2.23. The number of nitrogens with one attached hydrogen (secondary N) is 1. The van der Waals surface area contributed by atoms with E-state index >= 15 is 0 Å². The third kappa shape index (κ3) is 10.8. The molecule has 1 N–H and O–H groups in total. The van der Waals surface area contributed by atoms with Crippen LogP contribution < -0.4 is 5.32 Å². The molecule has 6 heteroatoms. The second-order valence-electron chi connectivity index (χ2n) is 8.31. The van der Waals surface area contributed by atoms with Gasteiger partial charge in [-0.05, 0) is 31.6 Å². The van der Waals surface area contributed by atoms with E-state index in [1.165, 1.54) is 19.3 Å². The van der Waals surface area contributed by atoms with Crippen molar-refractivity contribution in [2.45, 2.75) is 83.0 Å². The molecule has 0 saturated heterocycles. The fourth-order valence-corrected chi connectivity index (χ4v) is 4.32. The van der Waals surface area contributed by atoms with Crippen molar-refractivity contribution in [3.63, 3.8) is 0 Å². The highest BCUT2D eigenvalue weighted by Crippen LogP contribution is 2.39. The van der Waals surface area contributed by atoms with Gasteiger partial charge in [0, 0.05) is 47.2 Å². The van der Waals surface area contributed by atoms with Gasteiger partial charge in [-0.25, -0.2) is 0 Å². The Hall–Kier alpha value is -1.21. The van der Waals surface area contributed by atoms with Gasteiger partial charge in [0.1, 0.15) is 6.73 Å². The first-order valence-corrected chi connectivity index (χ1v) is 11.8. The van der Waals surface area contributed by atoms with Crippen molar-refractivity contribution in [3.8, 4) is 0 Å². The average molecular weight is 440 g/mol. The maximum Gasteiger partial charge on any atom is 0.221 e. The fraction of sp³-hybridized carbons (Fsp3) is 0.800. The molecule has 0 aromatic heterocycles. The van der Waals surface area contributed by atoms with Gasteiger partial charge in [0.2, 0.25) is 5.91 Å². The van der Waals surface area contributed by atoms with Crippen molar-refractivity contribution in [2.75, 3.05) is 35.2 Å². The molecule has 1 aliphatic rings. The van der Waals surface area contributed by atoms with E-state index in [0.29, 0.717) is 18.3 Å². The minimum atomic E-state index is 0.0326. The molecule has 0 radical (unpaired) electrons. The first-order chi connectivity index (χ1) is 15.1. The third-order valence-electron chi connectivity index (χ3n) is 6.18. The highest BCUT2D eigenvalue weighted by Gasteiger charge is 2.41. The maximum atomic E-state index is 11.6. The van der Waals surface area contributed by atoms with Gasteiger partial charge in [0.25, 0.3) is 0 Å². The number of unbranched alkanes of at least 4 members (excludes halogenated alkanes) is 3. The lowest BCUT2D eigenvalue weighted by molar-refractivity contribution is -0.122. The third-order valence-corrected chi connectivity index (χ3v) is 6.18. The fourth-order valence-electron chi connectivity index (χ4n) is 4.32. The second kappa shape index (κ2) is 17.4. The Morgan fingerprint density at radius 3 is 2.48 bits per heavy atom. The molecule has 0 aromatic rings. The Morgan fingerprint density at radius 2 is 1.84 bits per heavy atom. The van der Waals surface area contributed by atoms with Crippen LogP contribution in [0.15, 0.2) is 24.3 Å². The van der Waals surface area contributed by atoms with E-state index in [1.807, 2.05) is 0 Å². The van der Waals surface area contributed by atoms with E-state index in [9.17, 15) is 4.79 Å². The molecule has 1 amide bonds. The molecule has 0 heterocycles. The summed E-state index contributed by atoms with van der Waals surface area (Å²) in [5.74, 6) is 0.717. The number of hydrogen-bond acceptors (Lipinski definition) is 5. The molecule has 1 fully saturated rings. The summed E-state index contributed by atoms with van der Waals surface area (Å²) < 4.78 is 22.1. The van der Waals surface area contributed by atoms with Gasteiger partial charge in [-0.1, -0.05) is 50.5 Å². The molecule has 1 rings (SSSR count). The molecule has 0 spiro atoms. The topological polar surface area (TPSA) is 66.0 Å². The number of ether oxygens (including phenoxy) is 4. The summed E-state index contributed by atoms with van der Waals surface area (Å²) in [6.45, 7) is 2.49. The summed E-state index contributed by atoms with van der Waals surface area (Å²) in [5.41, 5.74) is 0. The zero-order valence-corrected chi connectivity index (χ0v) is 20.3. The van der Waals surface area contributed by atoms with Crippen molar-refractivity contribution < 1.29 is 23.7 Å². The molecule has 1 saturated carbocycles. The van der Waals surface area contributed by atoms with Crippen molar-refractivity contribution in [1.82, 2.24) is 5.32 Å². The second-order valence-corrected chi connectivity index (χ2v) is 8.31. The van der Waals surface area contributed by atoms with Crippen LogP contribution in [0.1, 0.15) is 64.7 Å². The van der Waals surface area contributed by atoms with Gasteiger partial charge in [-0.15, -0.1) is 0 Å². The first kappa shape index (κ1) is 27.8. The number of amides is 1. The van der Waals surface area contributed by atoms with Crippen molar-refractivity contribution >= 4 is 5.91 Å². The van der Waals surface area contributed by atoms with Gasteiger partial charge in [-0.3, -0.25) is 4.79 Å². The normalized spacial score (nSPS) is 24.9. The number of allylic oxidation sites excluding steroid dienone is 2. The highest BCUT2D eigenvalue weighted by molar-refractivity contribution is 5.75. The van der Waals surface area contributed by atoms with Crippen LogP contribution in [0.3, 0.4) is 0 Å². The molecule has 5 unspecified atom stereocenters. The van der Waals surface area contributed by atoms with Crippen LogP contribution in [0.4, 0.5) is 0 Å². The zero-order valence-electron chi connectivity index (χ0n) is 20.3. The van der Waals surface area contributed by atoms with Crippen LogP contribution in [0, 0.1) is 11.8 Å². The van der Waals surface area contributed by atoms with Crippen LogP contribution in [-0.2, 0) is 23.7 Å². The lowest BCUT2D eigenvalue weighted by Crippen LogP contribution is -2.24. The highest BCUT2D eigenvalue weighted by atomic mass is 16.5. The number of hydrogen-bond donors (Lipinski definition) is 1. The molecule has 0 bridgehead atoms. The Kier molecular flexibility index (Phi) is 15.6. The predicted molar refractivity (Wildman–Crippen MR) is 125 cm³/mol. The van der Waals surface area contributed by atoms with Crippen LogP contribution in [-0.4, -0.2) is 59.4 Å². The molecule has 5 atom stereocenters. The Labute approximate surface area is 189 Å². The molecule has 1 aliphatic carbocycles. The van der Waals surface area contributed by atoms with Gasteiger partial charge in [-0.2, -0.15) is 0 Å². The van der Waals surface area contributed by atoms with Gasteiger partial charge >= 0.3 is 0 Å². The minimum absolute atomic E-state index is 0.0326. The van der Waals surface area contributed by atoms with Crippen LogP contribution in [0.2, 0.25) is 0 Å². The Balaban J connectivity index is 2.60. The summed E-state index contributed by atoms with van der Waals surface area (Å²) in [6, 6.07) is 0. The lowest BCUT2D eigenvalue weighted by atomic mass is 9.89. The maximum absolute atomic E-state index is 11.6. The zero-order chi connectivity index (χ0) is 22.9. The number of rotatable bonds is 17. The van der Waals surface area contributed by atoms with Crippen LogP contribution in [0.5, 0.6) is 0 Å². The molecule has 0 aliphatic heterocycles.